The van der Waals surface area contributed by atoms with Gasteiger partial charge in [0.15, 0.2) is 0 Å². The van der Waals surface area contributed by atoms with E-state index in [-0.39, 0.29) is 11.8 Å². The molecule has 1 aliphatic carbocycles. The zero-order valence-electron chi connectivity index (χ0n) is 13.1. The lowest BCUT2D eigenvalue weighted by atomic mass is 9.96. The molecule has 0 spiro atoms. The van der Waals surface area contributed by atoms with Crippen molar-refractivity contribution in [2.24, 2.45) is 0 Å². The Balaban J connectivity index is 1.98. The molecule has 0 aliphatic heterocycles. The molecule has 21 heavy (non-hydrogen) atoms. The maximum Gasteiger partial charge on any atom is 0.148 e. The molecule has 2 rings (SSSR count). The Morgan fingerprint density at radius 2 is 2.10 bits per heavy atom. The Morgan fingerprint density at radius 1 is 1.38 bits per heavy atom. The smallest absolute Gasteiger partial charge is 0.148 e. The largest absolute Gasteiger partial charge is 0.313 e. The minimum absolute atomic E-state index is 0.0558. The zero-order valence-corrected chi connectivity index (χ0v) is 13.9. The lowest BCUT2D eigenvalue weighted by Gasteiger charge is -2.22. The number of likely N-dealkylation sites (N-methyl/N-ethyl adjacent to an activating group) is 1. The van der Waals surface area contributed by atoms with Crippen molar-refractivity contribution >= 4 is 9.84 Å². The maximum atomic E-state index is 11.5. The van der Waals surface area contributed by atoms with E-state index in [9.17, 15) is 8.42 Å². The molecule has 1 saturated carbocycles. The summed E-state index contributed by atoms with van der Waals surface area (Å²) in [6, 6.07) is 2.50. The SMILES string of the molecule is CCNC(Cc1ccn(C2CCCCC2)n1)CS(C)(=O)=O. The molecule has 1 atom stereocenters. The van der Waals surface area contributed by atoms with Gasteiger partial charge in [-0.25, -0.2) is 8.42 Å². The molecule has 0 amide bonds. The first kappa shape index (κ1) is 16.5. The van der Waals surface area contributed by atoms with E-state index in [0.29, 0.717) is 12.5 Å². The number of aromatic nitrogens is 2. The van der Waals surface area contributed by atoms with E-state index < -0.39 is 9.84 Å². The number of hydrogen-bond donors (Lipinski definition) is 1. The second kappa shape index (κ2) is 7.40. The summed E-state index contributed by atoms with van der Waals surface area (Å²) in [7, 11) is -2.98. The molecule has 1 N–H and O–H groups in total. The second-order valence-electron chi connectivity index (χ2n) is 6.13. The third kappa shape index (κ3) is 5.43. The summed E-state index contributed by atoms with van der Waals surface area (Å²) in [5, 5.41) is 7.92. The minimum Gasteiger partial charge on any atom is -0.313 e. The van der Waals surface area contributed by atoms with Gasteiger partial charge in [0.2, 0.25) is 0 Å². The van der Waals surface area contributed by atoms with Gasteiger partial charge >= 0.3 is 0 Å². The van der Waals surface area contributed by atoms with Gasteiger partial charge in [0.05, 0.1) is 17.5 Å². The Labute approximate surface area is 128 Å². The fourth-order valence-corrected chi connectivity index (χ4v) is 4.10. The first-order valence-corrected chi connectivity index (χ1v) is 9.99. The fourth-order valence-electron chi connectivity index (χ4n) is 3.13. The van der Waals surface area contributed by atoms with Crippen molar-refractivity contribution in [2.75, 3.05) is 18.6 Å². The average molecular weight is 313 g/mol. The van der Waals surface area contributed by atoms with Gasteiger partial charge in [-0.3, -0.25) is 4.68 Å². The molecule has 0 aromatic carbocycles. The van der Waals surface area contributed by atoms with Crippen LogP contribution in [0.15, 0.2) is 12.3 Å². The Morgan fingerprint density at radius 3 is 2.71 bits per heavy atom. The molecule has 1 aromatic heterocycles. The van der Waals surface area contributed by atoms with Crippen LogP contribution in [-0.2, 0) is 16.3 Å². The molecule has 1 unspecified atom stereocenters. The molecule has 1 heterocycles. The van der Waals surface area contributed by atoms with E-state index in [1.165, 1.54) is 38.4 Å². The summed E-state index contributed by atoms with van der Waals surface area (Å²) in [5.74, 6) is 0.164. The summed E-state index contributed by atoms with van der Waals surface area (Å²) < 4.78 is 25.1. The highest BCUT2D eigenvalue weighted by molar-refractivity contribution is 7.90. The second-order valence-corrected chi connectivity index (χ2v) is 8.31. The van der Waals surface area contributed by atoms with Crippen LogP contribution >= 0.6 is 0 Å². The van der Waals surface area contributed by atoms with Crippen molar-refractivity contribution in [1.29, 1.82) is 0 Å². The van der Waals surface area contributed by atoms with Gasteiger partial charge in [-0.05, 0) is 25.5 Å². The summed E-state index contributed by atoms with van der Waals surface area (Å²) in [5.41, 5.74) is 0.982. The van der Waals surface area contributed by atoms with E-state index in [1.807, 2.05) is 13.0 Å². The van der Waals surface area contributed by atoms with Crippen molar-refractivity contribution in [2.45, 2.75) is 57.5 Å². The summed E-state index contributed by atoms with van der Waals surface area (Å²) in [6.45, 7) is 2.76. The van der Waals surface area contributed by atoms with Gasteiger partial charge in [-0.15, -0.1) is 0 Å². The highest BCUT2D eigenvalue weighted by Crippen LogP contribution is 2.27. The lowest BCUT2D eigenvalue weighted by molar-refractivity contribution is 0.327. The van der Waals surface area contributed by atoms with Gasteiger partial charge in [0, 0.05) is 24.9 Å². The molecule has 1 fully saturated rings. The van der Waals surface area contributed by atoms with E-state index in [4.69, 9.17) is 0 Å². The van der Waals surface area contributed by atoms with Crippen LogP contribution in [0.4, 0.5) is 0 Å². The lowest BCUT2D eigenvalue weighted by Crippen LogP contribution is -2.37. The van der Waals surface area contributed by atoms with Crippen LogP contribution in [0.2, 0.25) is 0 Å². The van der Waals surface area contributed by atoms with E-state index >= 15 is 0 Å². The third-order valence-corrected chi connectivity index (χ3v) is 5.07. The van der Waals surface area contributed by atoms with Crippen LogP contribution in [0.5, 0.6) is 0 Å². The normalized spacial score (nSPS) is 18.8. The number of nitrogens with zero attached hydrogens (tertiary/aromatic N) is 2. The first-order chi connectivity index (χ1) is 9.98. The summed E-state index contributed by atoms with van der Waals surface area (Å²) in [6.07, 6.45) is 10.3. The molecule has 1 aromatic rings. The molecular weight excluding hydrogens is 286 g/mol. The van der Waals surface area contributed by atoms with Gasteiger partial charge in [0.1, 0.15) is 9.84 Å². The summed E-state index contributed by atoms with van der Waals surface area (Å²) >= 11 is 0. The molecular formula is C15H27N3O2S. The maximum absolute atomic E-state index is 11.5. The topological polar surface area (TPSA) is 64.0 Å². The number of rotatable bonds is 7. The highest BCUT2D eigenvalue weighted by atomic mass is 32.2. The fraction of sp³-hybridized carbons (Fsp3) is 0.800. The van der Waals surface area contributed by atoms with Crippen molar-refractivity contribution in [1.82, 2.24) is 15.1 Å². The molecule has 5 nitrogen and oxygen atoms in total. The van der Waals surface area contributed by atoms with Crippen LogP contribution in [0.25, 0.3) is 0 Å². The van der Waals surface area contributed by atoms with Crippen LogP contribution in [0, 0.1) is 0 Å². The van der Waals surface area contributed by atoms with Crippen molar-refractivity contribution in [3.8, 4) is 0 Å². The molecule has 120 valence electrons. The Bertz CT molecular complexity index is 533. The van der Waals surface area contributed by atoms with Gasteiger partial charge in [-0.1, -0.05) is 26.2 Å². The van der Waals surface area contributed by atoms with Crippen LogP contribution in [0.3, 0.4) is 0 Å². The minimum atomic E-state index is -2.98. The predicted molar refractivity (Wildman–Crippen MR) is 85.2 cm³/mol. The quantitative estimate of drug-likeness (QED) is 0.836. The zero-order chi connectivity index (χ0) is 15.3. The highest BCUT2D eigenvalue weighted by Gasteiger charge is 2.19. The van der Waals surface area contributed by atoms with Gasteiger partial charge in [0.25, 0.3) is 0 Å². The van der Waals surface area contributed by atoms with Crippen molar-refractivity contribution in [3.05, 3.63) is 18.0 Å². The standard InChI is InChI=1S/C15H27N3O2S/c1-3-16-14(12-21(2,19)20)11-13-9-10-18(17-13)15-7-5-4-6-8-15/h9-10,14-16H,3-8,11-12H2,1-2H3. The summed E-state index contributed by atoms with van der Waals surface area (Å²) in [4.78, 5) is 0. The van der Waals surface area contributed by atoms with Crippen LogP contribution in [-0.4, -0.2) is 42.8 Å². The van der Waals surface area contributed by atoms with E-state index in [2.05, 4.69) is 21.3 Å². The first-order valence-electron chi connectivity index (χ1n) is 7.93. The molecule has 0 radical (unpaired) electrons. The van der Waals surface area contributed by atoms with Crippen molar-refractivity contribution in [3.63, 3.8) is 0 Å². The predicted octanol–water partition coefficient (Wildman–Crippen LogP) is 1.95. The Kier molecular flexibility index (Phi) is 5.81. The molecule has 1 aliphatic rings. The van der Waals surface area contributed by atoms with E-state index in [1.54, 1.807) is 0 Å². The number of hydrogen-bond acceptors (Lipinski definition) is 4. The molecule has 0 saturated heterocycles. The monoisotopic (exact) mass is 313 g/mol. The third-order valence-electron chi connectivity index (χ3n) is 4.06. The number of sulfone groups is 1. The van der Waals surface area contributed by atoms with Crippen LogP contribution < -0.4 is 5.32 Å². The van der Waals surface area contributed by atoms with Crippen LogP contribution in [0.1, 0.15) is 50.8 Å². The van der Waals surface area contributed by atoms with E-state index in [0.717, 1.165) is 12.2 Å². The average Bonchev–Trinajstić information content (AvgIpc) is 2.87. The molecule has 0 bridgehead atoms. The van der Waals surface area contributed by atoms with Gasteiger partial charge in [-0.2, -0.15) is 5.10 Å². The Hall–Kier alpha value is -0.880. The molecule has 6 heteroatoms. The number of nitrogens with one attached hydrogen (secondary N) is 1. The van der Waals surface area contributed by atoms with Gasteiger partial charge < -0.3 is 5.32 Å². The van der Waals surface area contributed by atoms with Crippen molar-refractivity contribution < 1.29 is 8.42 Å².